The van der Waals surface area contributed by atoms with Gasteiger partial charge in [0.1, 0.15) is 0 Å². The summed E-state index contributed by atoms with van der Waals surface area (Å²) in [6.07, 6.45) is 0. The summed E-state index contributed by atoms with van der Waals surface area (Å²) >= 11 is 6.21. The molecule has 1 aromatic rings. The molecule has 2 nitrogen and oxygen atoms in total. The number of carbonyl (C=O) groups excluding carboxylic acids is 2. The van der Waals surface area contributed by atoms with E-state index in [1.54, 1.807) is 12.1 Å². The molecule has 1 aromatic carbocycles. The van der Waals surface area contributed by atoms with Gasteiger partial charge >= 0.3 is 0 Å². The molecule has 0 heterocycles. The van der Waals surface area contributed by atoms with Gasteiger partial charge in [-0.15, -0.1) is 0 Å². The number of carbonyl (C=O) groups is 2. The SMILES string of the molecule is Cc1cccc2c1C(=O)C(Br)(Br)C2=O. The number of rotatable bonds is 0. The van der Waals surface area contributed by atoms with Gasteiger partial charge in [-0.3, -0.25) is 9.59 Å². The highest BCUT2D eigenvalue weighted by Crippen LogP contribution is 2.42. The molecular weight excluding hydrogens is 312 g/mol. The van der Waals surface area contributed by atoms with Gasteiger partial charge in [-0.2, -0.15) is 0 Å². The Balaban J connectivity index is 2.77. The maximum Gasteiger partial charge on any atom is 0.205 e. The fourth-order valence-electron chi connectivity index (χ4n) is 1.59. The van der Waals surface area contributed by atoms with Gasteiger partial charge in [0.2, 0.25) is 3.23 Å². The van der Waals surface area contributed by atoms with Crippen molar-refractivity contribution in [1.82, 2.24) is 0 Å². The van der Waals surface area contributed by atoms with E-state index in [4.69, 9.17) is 0 Å². The standard InChI is InChI=1S/C10H6Br2O2/c1-5-3-2-4-6-7(5)9(14)10(11,12)8(6)13/h2-4H,1H3. The minimum absolute atomic E-state index is 0.212. The highest BCUT2D eigenvalue weighted by Gasteiger charge is 2.49. The summed E-state index contributed by atoms with van der Waals surface area (Å²) in [6, 6.07) is 5.28. The second-order valence-corrected chi connectivity index (χ2v) is 6.67. The molecule has 0 bridgehead atoms. The summed E-state index contributed by atoms with van der Waals surface area (Å²) in [7, 11) is 0. The van der Waals surface area contributed by atoms with Crippen molar-refractivity contribution in [3.8, 4) is 0 Å². The number of alkyl halides is 2. The molecule has 0 unspecified atom stereocenters. The third kappa shape index (κ3) is 1.13. The minimum Gasteiger partial charge on any atom is -0.291 e. The van der Waals surface area contributed by atoms with Crippen LogP contribution in [0.4, 0.5) is 0 Å². The van der Waals surface area contributed by atoms with Crippen LogP contribution in [-0.4, -0.2) is 14.8 Å². The summed E-state index contributed by atoms with van der Waals surface area (Å²) in [5, 5.41) is 0. The molecule has 0 aromatic heterocycles. The molecule has 1 aliphatic carbocycles. The average molecular weight is 318 g/mol. The number of hydrogen-bond acceptors (Lipinski definition) is 2. The van der Waals surface area contributed by atoms with Crippen molar-refractivity contribution in [2.24, 2.45) is 0 Å². The Bertz CT molecular complexity index is 449. The predicted molar refractivity (Wildman–Crippen MR) is 60.4 cm³/mol. The molecule has 0 saturated heterocycles. The van der Waals surface area contributed by atoms with E-state index in [-0.39, 0.29) is 11.6 Å². The fourth-order valence-corrected chi connectivity index (χ4v) is 2.41. The van der Waals surface area contributed by atoms with Gasteiger partial charge in [-0.1, -0.05) is 50.1 Å². The van der Waals surface area contributed by atoms with Crippen LogP contribution in [0.1, 0.15) is 26.3 Å². The van der Waals surface area contributed by atoms with Gasteiger partial charge < -0.3 is 0 Å². The lowest BCUT2D eigenvalue weighted by Gasteiger charge is -2.06. The first-order valence-electron chi connectivity index (χ1n) is 4.03. The molecule has 0 atom stereocenters. The first-order valence-corrected chi connectivity index (χ1v) is 5.62. The van der Waals surface area contributed by atoms with Gasteiger partial charge in [0, 0.05) is 11.1 Å². The minimum atomic E-state index is -1.24. The van der Waals surface area contributed by atoms with Crippen molar-refractivity contribution in [3.63, 3.8) is 0 Å². The lowest BCUT2D eigenvalue weighted by Crippen LogP contribution is -2.26. The van der Waals surface area contributed by atoms with Gasteiger partial charge in [0.15, 0.2) is 11.6 Å². The zero-order chi connectivity index (χ0) is 10.5. The Hall–Kier alpha value is -0.480. The topological polar surface area (TPSA) is 34.1 Å². The van der Waals surface area contributed by atoms with E-state index in [1.807, 2.05) is 13.0 Å². The third-order valence-electron chi connectivity index (χ3n) is 2.31. The van der Waals surface area contributed by atoms with Crippen LogP contribution in [0.5, 0.6) is 0 Å². The maximum absolute atomic E-state index is 11.8. The first kappa shape index (κ1) is 10.1. The van der Waals surface area contributed by atoms with E-state index in [2.05, 4.69) is 31.9 Å². The van der Waals surface area contributed by atoms with Gasteiger partial charge in [0.05, 0.1) is 0 Å². The number of benzene rings is 1. The quantitative estimate of drug-likeness (QED) is 0.544. The van der Waals surface area contributed by atoms with Crippen molar-refractivity contribution < 1.29 is 9.59 Å². The molecule has 0 spiro atoms. The van der Waals surface area contributed by atoms with Crippen molar-refractivity contribution >= 4 is 43.4 Å². The lowest BCUT2D eigenvalue weighted by molar-refractivity contribution is 0.0922. The number of ketones is 2. The van der Waals surface area contributed by atoms with Gasteiger partial charge in [-0.25, -0.2) is 0 Å². The normalized spacial score (nSPS) is 18.5. The van der Waals surface area contributed by atoms with E-state index < -0.39 is 3.23 Å². The highest BCUT2D eigenvalue weighted by molar-refractivity contribution is 9.26. The van der Waals surface area contributed by atoms with Crippen molar-refractivity contribution in [2.75, 3.05) is 0 Å². The van der Waals surface area contributed by atoms with Crippen LogP contribution in [0.2, 0.25) is 0 Å². The average Bonchev–Trinajstić information content (AvgIpc) is 2.30. The largest absolute Gasteiger partial charge is 0.291 e. The third-order valence-corrected chi connectivity index (χ3v) is 3.76. The van der Waals surface area contributed by atoms with Crippen LogP contribution in [0.25, 0.3) is 0 Å². The van der Waals surface area contributed by atoms with E-state index in [0.29, 0.717) is 11.1 Å². The molecule has 0 amide bonds. The molecular formula is C10H6Br2O2. The molecule has 1 aliphatic rings. The molecule has 0 aliphatic heterocycles. The second kappa shape index (κ2) is 3.00. The number of hydrogen-bond donors (Lipinski definition) is 0. The number of Topliss-reactive ketones (excluding diaryl/α,β-unsaturated/α-hetero) is 2. The smallest absolute Gasteiger partial charge is 0.205 e. The van der Waals surface area contributed by atoms with E-state index in [1.165, 1.54) is 0 Å². The molecule has 0 N–H and O–H groups in total. The molecule has 14 heavy (non-hydrogen) atoms. The number of fused-ring (bicyclic) bond motifs is 1. The van der Waals surface area contributed by atoms with Crippen LogP contribution >= 0.6 is 31.9 Å². The number of aryl methyl sites for hydroxylation is 1. The van der Waals surface area contributed by atoms with E-state index >= 15 is 0 Å². The van der Waals surface area contributed by atoms with E-state index in [0.717, 1.165) is 5.56 Å². The zero-order valence-corrected chi connectivity index (χ0v) is 10.5. The van der Waals surface area contributed by atoms with Crippen LogP contribution in [0.3, 0.4) is 0 Å². The first-order chi connectivity index (χ1) is 6.46. The molecule has 0 saturated carbocycles. The molecule has 2 rings (SSSR count). The molecule has 4 heteroatoms. The maximum atomic E-state index is 11.8. The van der Waals surface area contributed by atoms with E-state index in [9.17, 15) is 9.59 Å². The van der Waals surface area contributed by atoms with Crippen molar-refractivity contribution in [1.29, 1.82) is 0 Å². The molecule has 72 valence electrons. The van der Waals surface area contributed by atoms with Crippen LogP contribution in [0, 0.1) is 6.92 Å². The summed E-state index contributed by atoms with van der Waals surface area (Å²) in [6.45, 7) is 1.82. The predicted octanol–water partition coefficient (Wildman–Crippen LogP) is 2.86. The van der Waals surface area contributed by atoms with Gasteiger partial charge in [-0.05, 0) is 12.5 Å². The fraction of sp³-hybridized carbons (Fsp3) is 0.200. The summed E-state index contributed by atoms with van der Waals surface area (Å²) in [4.78, 5) is 23.6. The highest BCUT2D eigenvalue weighted by atomic mass is 79.9. The Labute approximate surface area is 97.9 Å². The van der Waals surface area contributed by atoms with Crippen LogP contribution in [-0.2, 0) is 0 Å². The Morgan fingerprint density at radius 2 is 1.79 bits per heavy atom. The van der Waals surface area contributed by atoms with Crippen LogP contribution in [0.15, 0.2) is 18.2 Å². The Kier molecular flexibility index (Phi) is 2.16. The number of halogens is 2. The van der Waals surface area contributed by atoms with Gasteiger partial charge in [0.25, 0.3) is 0 Å². The van der Waals surface area contributed by atoms with Crippen molar-refractivity contribution in [2.45, 2.75) is 10.2 Å². The second-order valence-electron chi connectivity index (χ2n) is 3.23. The van der Waals surface area contributed by atoms with Crippen molar-refractivity contribution in [3.05, 3.63) is 34.9 Å². The molecule has 0 fully saturated rings. The Morgan fingerprint density at radius 3 is 2.36 bits per heavy atom. The molecule has 0 radical (unpaired) electrons. The summed E-state index contributed by atoms with van der Waals surface area (Å²) in [5.41, 5.74) is 1.84. The van der Waals surface area contributed by atoms with Crippen LogP contribution < -0.4 is 0 Å². The summed E-state index contributed by atoms with van der Waals surface area (Å²) < 4.78 is -1.24. The monoisotopic (exact) mass is 316 g/mol. The lowest BCUT2D eigenvalue weighted by atomic mass is 10.0. The zero-order valence-electron chi connectivity index (χ0n) is 7.30. The summed E-state index contributed by atoms with van der Waals surface area (Å²) in [5.74, 6) is -0.434. The Morgan fingerprint density at radius 1 is 1.14 bits per heavy atom.